The average molecular weight is 414 g/mol. The van der Waals surface area contributed by atoms with Crippen LogP contribution in [0.25, 0.3) is 27.8 Å². The third-order valence-electron chi connectivity index (χ3n) is 4.90. The third-order valence-corrected chi connectivity index (χ3v) is 4.90. The number of aromatic amines is 1. The molecular weight excluding hydrogens is 392 g/mol. The molecule has 9 heteroatoms. The van der Waals surface area contributed by atoms with Gasteiger partial charge in [-0.2, -0.15) is 5.10 Å². The highest BCUT2D eigenvalue weighted by Crippen LogP contribution is 2.26. The molecule has 0 unspecified atom stereocenters. The predicted molar refractivity (Wildman–Crippen MR) is 120 cm³/mol. The van der Waals surface area contributed by atoms with Crippen LogP contribution in [-0.2, 0) is 0 Å². The molecule has 0 aliphatic carbocycles. The van der Waals surface area contributed by atoms with Crippen molar-refractivity contribution in [2.75, 3.05) is 32.6 Å². The zero-order valence-corrected chi connectivity index (χ0v) is 17.3. The Morgan fingerprint density at radius 2 is 2.06 bits per heavy atom. The number of fused-ring (bicyclic) bond motifs is 2. The van der Waals surface area contributed by atoms with E-state index in [0.717, 1.165) is 40.0 Å². The number of pyridine rings is 1. The summed E-state index contributed by atoms with van der Waals surface area (Å²) in [5, 5.41) is 11.5. The highest BCUT2D eigenvalue weighted by atomic mass is 16.5. The molecule has 4 aromatic heterocycles. The van der Waals surface area contributed by atoms with E-state index in [4.69, 9.17) is 9.72 Å². The Morgan fingerprint density at radius 3 is 2.90 bits per heavy atom. The molecule has 0 fully saturated rings. The minimum Gasteiger partial charge on any atom is -0.476 e. The van der Waals surface area contributed by atoms with E-state index in [1.54, 1.807) is 18.6 Å². The molecular formula is C22H22N8O. The van der Waals surface area contributed by atoms with Gasteiger partial charge in [-0.25, -0.2) is 15.0 Å². The molecule has 0 aliphatic rings. The van der Waals surface area contributed by atoms with Gasteiger partial charge in [0, 0.05) is 42.2 Å². The lowest BCUT2D eigenvalue weighted by atomic mass is 10.1. The quantitative estimate of drug-likeness (QED) is 0.422. The van der Waals surface area contributed by atoms with Crippen molar-refractivity contribution < 1.29 is 4.74 Å². The van der Waals surface area contributed by atoms with Crippen LogP contribution >= 0.6 is 0 Å². The Hall–Kier alpha value is -3.98. The fourth-order valence-corrected chi connectivity index (χ4v) is 3.26. The molecule has 0 amide bonds. The number of benzene rings is 1. The number of rotatable bonds is 7. The summed E-state index contributed by atoms with van der Waals surface area (Å²) >= 11 is 0. The highest BCUT2D eigenvalue weighted by Gasteiger charge is 2.11. The smallest absolute Gasteiger partial charge is 0.213 e. The van der Waals surface area contributed by atoms with Gasteiger partial charge in [0.05, 0.1) is 29.3 Å². The molecule has 1 aromatic carbocycles. The lowest BCUT2D eigenvalue weighted by Crippen LogP contribution is -2.19. The molecule has 0 aliphatic heterocycles. The largest absolute Gasteiger partial charge is 0.476 e. The van der Waals surface area contributed by atoms with Crippen LogP contribution in [0.2, 0.25) is 0 Å². The SMILES string of the molecule is CN(C)CCOc1ccc(Nc2nc(-c3ccc4cn[nH]c4c3)cn3ccnc23)cn1. The standard InChI is InChI=1S/C22H22N8O/c1-29(2)9-10-31-20-6-5-17(13-24-20)26-21-22-23-7-8-30(22)14-19(27-21)15-3-4-16-12-25-28-18(16)11-15/h3-8,11-14H,9-10H2,1-2H3,(H,25,28)(H,26,27). The van der Waals surface area contributed by atoms with Gasteiger partial charge in [0.2, 0.25) is 5.88 Å². The number of ether oxygens (including phenoxy) is 1. The van der Waals surface area contributed by atoms with Gasteiger partial charge in [-0.1, -0.05) is 12.1 Å². The first-order valence-electron chi connectivity index (χ1n) is 9.93. The number of nitrogens with one attached hydrogen (secondary N) is 2. The summed E-state index contributed by atoms with van der Waals surface area (Å²) in [5.41, 5.74) is 4.31. The lowest BCUT2D eigenvalue weighted by molar-refractivity contribution is 0.254. The molecule has 0 spiro atoms. The predicted octanol–water partition coefficient (Wildman–Crippen LogP) is 3.35. The molecule has 0 atom stereocenters. The lowest BCUT2D eigenvalue weighted by Gasteiger charge is -2.12. The minimum absolute atomic E-state index is 0.589. The number of anilines is 2. The molecule has 9 nitrogen and oxygen atoms in total. The molecule has 31 heavy (non-hydrogen) atoms. The normalized spacial score (nSPS) is 11.5. The summed E-state index contributed by atoms with van der Waals surface area (Å²) < 4.78 is 7.62. The van der Waals surface area contributed by atoms with E-state index in [0.29, 0.717) is 18.3 Å². The Morgan fingerprint density at radius 1 is 1.13 bits per heavy atom. The van der Waals surface area contributed by atoms with Crippen LogP contribution in [-0.4, -0.2) is 61.7 Å². The number of aromatic nitrogens is 6. The first kappa shape index (κ1) is 19.0. The van der Waals surface area contributed by atoms with E-state index < -0.39 is 0 Å². The number of nitrogens with zero attached hydrogens (tertiary/aromatic N) is 6. The molecule has 5 rings (SSSR count). The van der Waals surface area contributed by atoms with Crippen molar-refractivity contribution in [3.8, 4) is 17.1 Å². The van der Waals surface area contributed by atoms with E-state index in [9.17, 15) is 0 Å². The molecule has 0 bridgehead atoms. The second-order valence-electron chi connectivity index (χ2n) is 7.47. The summed E-state index contributed by atoms with van der Waals surface area (Å²) in [6.07, 6.45) is 9.16. The van der Waals surface area contributed by atoms with Gasteiger partial charge in [-0.05, 0) is 26.2 Å². The van der Waals surface area contributed by atoms with Crippen LogP contribution in [0.15, 0.2) is 61.3 Å². The van der Waals surface area contributed by atoms with Crippen molar-refractivity contribution in [1.82, 2.24) is 34.4 Å². The van der Waals surface area contributed by atoms with Crippen LogP contribution in [0.4, 0.5) is 11.5 Å². The molecule has 0 saturated carbocycles. The number of hydrogen-bond acceptors (Lipinski definition) is 7. The van der Waals surface area contributed by atoms with Crippen molar-refractivity contribution in [2.45, 2.75) is 0 Å². The van der Waals surface area contributed by atoms with Crippen molar-refractivity contribution in [2.24, 2.45) is 0 Å². The maximum atomic E-state index is 5.66. The van der Waals surface area contributed by atoms with Crippen LogP contribution in [0.5, 0.6) is 5.88 Å². The summed E-state index contributed by atoms with van der Waals surface area (Å²) in [4.78, 5) is 15.7. The minimum atomic E-state index is 0.589. The Kier molecular flexibility index (Phi) is 4.93. The molecule has 156 valence electrons. The van der Waals surface area contributed by atoms with Crippen molar-refractivity contribution >= 4 is 28.1 Å². The Balaban J connectivity index is 1.42. The number of hydrogen-bond donors (Lipinski definition) is 2. The zero-order chi connectivity index (χ0) is 21.2. The molecule has 2 N–H and O–H groups in total. The molecule has 5 aromatic rings. The van der Waals surface area contributed by atoms with Crippen LogP contribution < -0.4 is 10.1 Å². The highest BCUT2D eigenvalue weighted by molar-refractivity contribution is 5.83. The van der Waals surface area contributed by atoms with Crippen LogP contribution in [0, 0.1) is 0 Å². The maximum absolute atomic E-state index is 5.66. The van der Waals surface area contributed by atoms with E-state index >= 15 is 0 Å². The van der Waals surface area contributed by atoms with Gasteiger partial charge in [0.15, 0.2) is 11.5 Å². The number of imidazole rings is 1. The fraction of sp³-hybridized carbons (Fsp3) is 0.182. The fourth-order valence-electron chi connectivity index (χ4n) is 3.26. The van der Waals surface area contributed by atoms with Crippen LogP contribution in [0.3, 0.4) is 0 Å². The second kappa shape index (κ2) is 8.04. The topological polar surface area (TPSA) is 96.3 Å². The second-order valence-corrected chi connectivity index (χ2v) is 7.47. The van der Waals surface area contributed by atoms with E-state index in [-0.39, 0.29) is 0 Å². The van der Waals surface area contributed by atoms with E-state index in [1.807, 2.05) is 61.2 Å². The monoisotopic (exact) mass is 414 g/mol. The van der Waals surface area contributed by atoms with Crippen LogP contribution in [0.1, 0.15) is 0 Å². The zero-order valence-electron chi connectivity index (χ0n) is 17.3. The first-order valence-corrected chi connectivity index (χ1v) is 9.93. The third kappa shape index (κ3) is 4.03. The maximum Gasteiger partial charge on any atom is 0.213 e. The summed E-state index contributed by atoms with van der Waals surface area (Å²) in [6, 6.07) is 9.87. The van der Waals surface area contributed by atoms with Crippen molar-refractivity contribution in [3.05, 3.63) is 61.3 Å². The first-order chi connectivity index (χ1) is 15.2. The van der Waals surface area contributed by atoms with E-state index in [1.165, 1.54) is 0 Å². The van der Waals surface area contributed by atoms with Gasteiger partial charge >= 0.3 is 0 Å². The van der Waals surface area contributed by atoms with E-state index in [2.05, 4.69) is 30.4 Å². The summed E-state index contributed by atoms with van der Waals surface area (Å²) in [6.45, 7) is 1.42. The number of likely N-dealkylation sites (N-methyl/N-ethyl adjacent to an activating group) is 1. The van der Waals surface area contributed by atoms with Gasteiger partial charge in [0.1, 0.15) is 6.61 Å². The van der Waals surface area contributed by atoms with Gasteiger partial charge in [0.25, 0.3) is 0 Å². The average Bonchev–Trinajstić information content (AvgIpc) is 3.43. The van der Waals surface area contributed by atoms with Crippen molar-refractivity contribution in [3.63, 3.8) is 0 Å². The summed E-state index contributed by atoms with van der Waals surface area (Å²) in [7, 11) is 4.02. The van der Waals surface area contributed by atoms with Gasteiger partial charge in [-0.15, -0.1) is 0 Å². The Bertz CT molecular complexity index is 1320. The van der Waals surface area contributed by atoms with Gasteiger partial charge < -0.3 is 19.4 Å². The number of H-pyrrole nitrogens is 1. The summed E-state index contributed by atoms with van der Waals surface area (Å²) in [5.74, 6) is 1.24. The van der Waals surface area contributed by atoms with Gasteiger partial charge in [-0.3, -0.25) is 5.10 Å². The Labute approximate surface area is 178 Å². The molecule has 4 heterocycles. The molecule has 0 radical (unpaired) electrons. The van der Waals surface area contributed by atoms with Crippen molar-refractivity contribution in [1.29, 1.82) is 0 Å². The molecule has 0 saturated heterocycles.